The Morgan fingerprint density at radius 2 is 1.87 bits per heavy atom. The summed E-state index contributed by atoms with van der Waals surface area (Å²) in [5.74, 6) is -0.635. The van der Waals surface area contributed by atoms with Crippen molar-refractivity contribution in [3.05, 3.63) is 76.8 Å². The third kappa shape index (κ3) is 3.99. The molecule has 2 aromatic heterocycles. The maximum absolute atomic E-state index is 13.0. The number of esters is 1. The maximum Gasteiger partial charge on any atom is 0.324 e. The van der Waals surface area contributed by atoms with Crippen molar-refractivity contribution in [1.82, 2.24) is 13.7 Å². The van der Waals surface area contributed by atoms with Crippen LogP contribution in [0.3, 0.4) is 0 Å². The molecule has 0 spiro atoms. The Morgan fingerprint density at radius 1 is 1.10 bits per heavy atom. The molecule has 30 heavy (non-hydrogen) atoms. The number of aromatic nitrogens is 2. The van der Waals surface area contributed by atoms with Crippen LogP contribution in [0.25, 0.3) is 5.65 Å². The second-order valence-electron chi connectivity index (χ2n) is 7.06. The van der Waals surface area contributed by atoms with E-state index in [1.165, 1.54) is 26.9 Å². The smallest absolute Gasteiger partial charge is 0.324 e. The minimum Gasteiger partial charge on any atom is -0.458 e. The predicted molar refractivity (Wildman–Crippen MR) is 109 cm³/mol. The minimum absolute atomic E-state index is 0.147. The zero-order valence-electron chi connectivity index (χ0n) is 16.2. The molecule has 0 amide bonds. The third-order valence-electron chi connectivity index (χ3n) is 5.06. The van der Waals surface area contributed by atoms with E-state index >= 15 is 0 Å². The monoisotopic (exact) mass is 427 g/mol. The van der Waals surface area contributed by atoms with Crippen molar-refractivity contribution in [3.63, 3.8) is 0 Å². The zero-order valence-corrected chi connectivity index (χ0v) is 17.0. The lowest BCUT2D eigenvalue weighted by Crippen LogP contribution is -2.48. The fraction of sp³-hybridized carbons (Fsp3) is 0.286. The average Bonchev–Trinajstić information content (AvgIpc) is 2.78. The fourth-order valence-corrected chi connectivity index (χ4v) is 5.24. The third-order valence-corrected chi connectivity index (χ3v) is 6.98. The molecule has 3 aromatic rings. The van der Waals surface area contributed by atoms with Crippen molar-refractivity contribution in [2.24, 2.45) is 0 Å². The molecule has 1 atom stereocenters. The van der Waals surface area contributed by atoms with Crippen LogP contribution in [0, 0.1) is 0 Å². The number of piperidine rings is 1. The SMILES string of the molecule is O=C(OCc1cc(=O)n2ccccc2n1)[C@@H]1CCCCN1S(=O)(=O)c1ccccc1. The summed E-state index contributed by atoms with van der Waals surface area (Å²) in [6.45, 7) is 0.0573. The van der Waals surface area contributed by atoms with E-state index in [0.29, 0.717) is 24.2 Å². The number of rotatable bonds is 5. The van der Waals surface area contributed by atoms with E-state index < -0.39 is 22.0 Å². The average molecular weight is 427 g/mol. The topological polar surface area (TPSA) is 98.1 Å². The summed E-state index contributed by atoms with van der Waals surface area (Å²) >= 11 is 0. The molecule has 0 aliphatic carbocycles. The molecule has 0 radical (unpaired) electrons. The maximum atomic E-state index is 13.0. The Bertz CT molecular complexity index is 1220. The van der Waals surface area contributed by atoms with Crippen molar-refractivity contribution >= 4 is 21.6 Å². The highest BCUT2D eigenvalue weighted by Crippen LogP contribution is 2.26. The molecule has 1 aromatic carbocycles. The number of hydrogen-bond donors (Lipinski definition) is 0. The van der Waals surface area contributed by atoms with Gasteiger partial charge in [0, 0.05) is 18.8 Å². The highest BCUT2D eigenvalue weighted by molar-refractivity contribution is 7.89. The number of ether oxygens (including phenoxy) is 1. The van der Waals surface area contributed by atoms with Gasteiger partial charge in [0.25, 0.3) is 5.56 Å². The quantitative estimate of drug-likeness (QED) is 0.578. The van der Waals surface area contributed by atoms with Crippen LogP contribution < -0.4 is 5.56 Å². The summed E-state index contributed by atoms with van der Waals surface area (Å²) in [5, 5.41) is 0. The number of benzene rings is 1. The molecule has 0 N–H and O–H groups in total. The van der Waals surface area contributed by atoms with Crippen molar-refractivity contribution in [1.29, 1.82) is 0 Å². The molecule has 0 unspecified atom stereocenters. The molecule has 1 aliphatic heterocycles. The van der Waals surface area contributed by atoms with Crippen LogP contribution in [-0.2, 0) is 26.2 Å². The molecular weight excluding hydrogens is 406 g/mol. The van der Waals surface area contributed by atoms with E-state index in [9.17, 15) is 18.0 Å². The summed E-state index contributed by atoms with van der Waals surface area (Å²) in [6, 6.07) is 13.6. The first-order valence-corrected chi connectivity index (χ1v) is 11.1. The van der Waals surface area contributed by atoms with Crippen molar-refractivity contribution in [3.8, 4) is 0 Å². The van der Waals surface area contributed by atoms with Gasteiger partial charge in [-0.1, -0.05) is 24.3 Å². The van der Waals surface area contributed by atoms with Crippen LogP contribution in [0.5, 0.6) is 0 Å². The number of nitrogens with zero attached hydrogens (tertiary/aromatic N) is 3. The standard InChI is InChI=1S/C21H21N3O5S/c25-20-14-16(22-19-11-5-6-12-23(19)20)15-29-21(26)18-10-4-7-13-24(18)30(27,28)17-8-2-1-3-9-17/h1-3,5-6,8-9,11-12,14,18H,4,7,10,13,15H2/t18-/m0/s1. The van der Waals surface area contributed by atoms with Crippen molar-refractivity contribution < 1.29 is 17.9 Å². The second kappa shape index (κ2) is 8.37. The molecule has 9 heteroatoms. The molecule has 0 saturated carbocycles. The Morgan fingerprint density at radius 3 is 2.67 bits per heavy atom. The molecule has 0 bridgehead atoms. The molecule has 1 aliphatic rings. The lowest BCUT2D eigenvalue weighted by Gasteiger charge is -2.33. The van der Waals surface area contributed by atoms with E-state index in [-0.39, 0.29) is 23.6 Å². The fourth-order valence-electron chi connectivity index (χ4n) is 3.57. The Hall–Kier alpha value is -3.04. The lowest BCUT2D eigenvalue weighted by molar-refractivity contribution is -0.150. The van der Waals surface area contributed by atoms with Crippen LogP contribution in [0.1, 0.15) is 25.0 Å². The van der Waals surface area contributed by atoms with Crippen LogP contribution in [0.4, 0.5) is 0 Å². The molecule has 4 rings (SSSR count). The summed E-state index contributed by atoms with van der Waals surface area (Å²) in [5.41, 5.74) is 0.479. The number of pyridine rings is 1. The molecule has 1 saturated heterocycles. The summed E-state index contributed by atoms with van der Waals surface area (Å²) in [6.07, 6.45) is 3.41. The first-order chi connectivity index (χ1) is 14.5. The Balaban J connectivity index is 1.52. The van der Waals surface area contributed by atoms with Gasteiger partial charge in [0.1, 0.15) is 18.3 Å². The van der Waals surface area contributed by atoms with Crippen molar-refractivity contribution in [2.45, 2.75) is 36.8 Å². The summed E-state index contributed by atoms with van der Waals surface area (Å²) in [4.78, 5) is 29.4. The van der Waals surface area contributed by atoms with Gasteiger partial charge in [-0.15, -0.1) is 0 Å². The first kappa shape index (κ1) is 20.2. The highest BCUT2D eigenvalue weighted by Gasteiger charge is 2.38. The van der Waals surface area contributed by atoms with E-state index in [2.05, 4.69) is 4.98 Å². The summed E-state index contributed by atoms with van der Waals surface area (Å²) in [7, 11) is -3.81. The largest absolute Gasteiger partial charge is 0.458 e. The van der Waals surface area contributed by atoms with Gasteiger partial charge in [0.15, 0.2) is 0 Å². The first-order valence-electron chi connectivity index (χ1n) is 9.68. The Kier molecular flexibility index (Phi) is 5.65. The van der Waals surface area contributed by atoms with Crippen LogP contribution in [-0.4, -0.2) is 40.7 Å². The number of hydrogen-bond acceptors (Lipinski definition) is 6. The van der Waals surface area contributed by atoms with E-state index in [0.717, 1.165) is 6.42 Å². The van der Waals surface area contributed by atoms with Crippen LogP contribution >= 0.6 is 0 Å². The number of sulfonamides is 1. The summed E-state index contributed by atoms with van der Waals surface area (Å²) < 4.78 is 34.0. The molecule has 1 fully saturated rings. The number of fused-ring (bicyclic) bond motifs is 1. The van der Waals surface area contributed by atoms with E-state index in [4.69, 9.17) is 4.74 Å². The predicted octanol–water partition coefficient (Wildman–Crippen LogP) is 1.98. The van der Waals surface area contributed by atoms with Crippen LogP contribution in [0.2, 0.25) is 0 Å². The Labute approximate surface area is 173 Å². The molecule has 3 heterocycles. The van der Waals surface area contributed by atoms with Gasteiger partial charge in [-0.05, 0) is 43.5 Å². The lowest BCUT2D eigenvalue weighted by atomic mass is 10.1. The van der Waals surface area contributed by atoms with Gasteiger partial charge in [0.2, 0.25) is 10.0 Å². The van der Waals surface area contributed by atoms with Gasteiger partial charge >= 0.3 is 5.97 Å². The van der Waals surface area contributed by atoms with Gasteiger partial charge < -0.3 is 4.74 Å². The van der Waals surface area contributed by atoms with Gasteiger partial charge in [-0.3, -0.25) is 14.0 Å². The molecule has 8 nitrogen and oxygen atoms in total. The number of carbonyl (C=O) groups is 1. The molecular formula is C21H21N3O5S. The van der Waals surface area contributed by atoms with Gasteiger partial charge in [-0.2, -0.15) is 4.31 Å². The van der Waals surface area contributed by atoms with E-state index in [1.807, 2.05) is 0 Å². The minimum atomic E-state index is -3.81. The zero-order chi connectivity index (χ0) is 21.1. The van der Waals surface area contributed by atoms with Crippen LogP contribution in [0.15, 0.2) is 70.5 Å². The molecule has 156 valence electrons. The second-order valence-corrected chi connectivity index (χ2v) is 8.95. The normalized spacial score (nSPS) is 17.7. The number of carbonyl (C=O) groups excluding carboxylic acids is 1. The highest BCUT2D eigenvalue weighted by atomic mass is 32.2. The van der Waals surface area contributed by atoms with Gasteiger partial charge in [-0.25, -0.2) is 13.4 Å². The van der Waals surface area contributed by atoms with Crippen molar-refractivity contribution in [2.75, 3.05) is 6.54 Å². The van der Waals surface area contributed by atoms with E-state index in [1.54, 1.807) is 42.6 Å². The van der Waals surface area contributed by atoms with Gasteiger partial charge in [0.05, 0.1) is 10.6 Å².